The Morgan fingerprint density at radius 3 is 2.58 bits per heavy atom. The standard InChI is InChI=1S/C10H18N2OS.C2H6.CH2O2/c1-2-3-4-5-8-9-7(6-14-8)11-10(13)12-9;1-2;2-1-3/h7-9H,2-6H2,1H3,(H2,11,12,13);1-2H3;1H,(H,2,3). The first kappa shape index (κ1) is 18.1. The quantitative estimate of drug-likeness (QED) is 0.422. The summed E-state index contributed by atoms with van der Waals surface area (Å²) in [5.41, 5.74) is 0. The summed E-state index contributed by atoms with van der Waals surface area (Å²) in [6.45, 7) is 5.98. The molecule has 2 fully saturated rings. The van der Waals surface area contributed by atoms with Crippen LogP contribution in [0.4, 0.5) is 4.79 Å². The van der Waals surface area contributed by atoms with Crippen molar-refractivity contribution >= 4 is 24.3 Å². The van der Waals surface area contributed by atoms with E-state index in [9.17, 15) is 4.79 Å². The Kier molecular flexibility index (Phi) is 10.4. The average molecular weight is 290 g/mol. The minimum Gasteiger partial charge on any atom is -0.483 e. The Balaban J connectivity index is 0.000000573. The molecular weight excluding hydrogens is 264 g/mol. The lowest BCUT2D eigenvalue weighted by Crippen LogP contribution is -2.36. The van der Waals surface area contributed by atoms with Crippen LogP contribution in [0.25, 0.3) is 0 Å². The molecule has 2 heterocycles. The number of rotatable bonds is 4. The summed E-state index contributed by atoms with van der Waals surface area (Å²) in [7, 11) is 0. The molecule has 3 N–H and O–H groups in total. The SMILES string of the molecule is CC.CCCCCC1SCC2NC(=O)NC21.O=CO. The third-order valence-corrected chi connectivity index (χ3v) is 4.54. The van der Waals surface area contributed by atoms with Crippen molar-refractivity contribution in [3.05, 3.63) is 0 Å². The number of nitrogens with one attached hydrogen (secondary N) is 2. The Morgan fingerprint density at radius 1 is 1.37 bits per heavy atom. The number of carbonyl (C=O) groups excluding carboxylic acids is 1. The molecule has 2 aliphatic rings. The van der Waals surface area contributed by atoms with Gasteiger partial charge in [-0.2, -0.15) is 11.8 Å². The summed E-state index contributed by atoms with van der Waals surface area (Å²) in [6, 6.07) is 0.810. The lowest BCUT2D eigenvalue weighted by Gasteiger charge is -2.16. The van der Waals surface area contributed by atoms with E-state index < -0.39 is 0 Å². The molecule has 2 saturated heterocycles. The molecule has 3 atom stereocenters. The van der Waals surface area contributed by atoms with Gasteiger partial charge in [-0.3, -0.25) is 4.79 Å². The highest BCUT2D eigenvalue weighted by Crippen LogP contribution is 2.33. The molecule has 0 spiro atoms. The molecule has 0 aromatic rings. The van der Waals surface area contributed by atoms with Crippen molar-refractivity contribution in [2.75, 3.05) is 5.75 Å². The normalized spacial score (nSPS) is 26.9. The molecule has 0 aliphatic carbocycles. The number of carboxylic acid groups (broad SMARTS) is 1. The largest absolute Gasteiger partial charge is 0.483 e. The molecule has 19 heavy (non-hydrogen) atoms. The van der Waals surface area contributed by atoms with Gasteiger partial charge in [0.05, 0.1) is 12.1 Å². The first-order chi connectivity index (χ1) is 9.22. The van der Waals surface area contributed by atoms with E-state index in [1.54, 1.807) is 0 Å². The molecule has 0 saturated carbocycles. The summed E-state index contributed by atoms with van der Waals surface area (Å²) in [5, 5.41) is 13.5. The zero-order chi connectivity index (χ0) is 14.7. The predicted octanol–water partition coefficient (Wildman–Crippen LogP) is 2.46. The van der Waals surface area contributed by atoms with Crippen LogP contribution in [0.2, 0.25) is 0 Å². The fourth-order valence-electron chi connectivity index (χ4n) is 2.24. The van der Waals surface area contributed by atoms with Gasteiger partial charge in [0.2, 0.25) is 0 Å². The Labute approximate surface area is 119 Å². The zero-order valence-electron chi connectivity index (χ0n) is 12.0. The molecule has 112 valence electrons. The molecular formula is C13H26N2O3S. The highest BCUT2D eigenvalue weighted by Gasteiger charge is 2.42. The highest BCUT2D eigenvalue weighted by atomic mass is 32.2. The fourth-order valence-corrected chi connectivity index (χ4v) is 3.78. The lowest BCUT2D eigenvalue weighted by molar-refractivity contribution is -0.122. The predicted molar refractivity (Wildman–Crippen MR) is 79.7 cm³/mol. The van der Waals surface area contributed by atoms with Gasteiger partial charge >= 0.3 is 6.03 Å². The van der Waals surface area contributed by atoms with Crippen molar-refractivity contribution in [2.45, 2.75) is 63.8 Å². The molecule has 2 aliphatic heterocycles. The Bertz CT molecular complexity index is 264. The number of thioether (sulfide) groups is 1. The van der Waals surface area contributed by atoms with Crippen molar-refractivity contribution in [2.24, 2.45) is 0 Å². The van der Waals surface area contributed by atoms with E-state index in [1.807, 2.05) is 25.6 Å². The van der Waals surface area contributed by atoms with Crippen LogP contribution in [-0.2, 0) is 4.79 Å². The van der Waals surface area contributed by atoms with E-state index in [0.29, 0.717) is 17.3 Å². The minimum atomic E-state index is -0.250. The first-order valence-corrected chi connectivity index (χ1v) is 8.04. The summed E-state index contributed by atoms with van der Waals surface area (Å²) in [6.07, 6.45) is 5.14. The molecule has 0 bridgehead atoms. The third kappa shape index (κ3) is 6.18. The van der Waals surface area contributed by atoms with Crippen molar-refractivity contribution < 1.29 is 14.7 Å². The van der Waals surface area contributed by atoms with Gasteiger partial charge in [0, 0.05) is 11.0 Å². The second-order valence-electron chi connectivity index (χ2n) is 4.22. The van der Waals surface area contributed by atoms with Crippen LogP contribution >= 0.6 is 11.8 Å². The van der Waals surface area contributed by atoms with Crippen LogP contribution < -0.4 is 10.6 Å². The monoisotopic (exact) mass is 290 g/mol. The van der Waals surface area contributed by atoms with Crippen LogP contribution in [-0.4, -0.2) is 40.7 Å². The lowest BCUT2D eigenvalue weighted by atomic mass is 10.0. The summed E-state index contributed by atoms with van der Waals surface area (Å²) >= 11 is 2.01. The number of unbranched alkanes of at least 4 members (excludes halogenated alkanes) is 2. The van der Waals surface area contributed by atoms with E-state index in [0.717, 1.165) is 5.75 Å². The van der Waals surface area contributed by atoms with Crippen molar-refractivity contribution in [1.82, 2.24) is 10.6 Å². The van der Waals surface area contributed by atoms with Crippen molar-refractivity contribution in [3.8, 4) is 0 Å². The van der Waals surface area contributed by atoms with E-state index in [-0.39, 0.29) is 12.5 Å². The zero-order valence-corrected chi connectivity index (χ0v) is 12.8. The Hall–Kier alpha value is -0.910. The minimum absolute atomic E-state index is 0.0285. The van der Waals surface area contributed by atoms with Crippen molar-refractivity contribution in [1.29, 1.82) is 0 Å². The topological polar surface area (TPSA) is 78.4 Å². The van der Waals surface area contributed by atoms with Crippen LogP contribution in [0.1, 0.15) is 46.5 Å². The number of hydrogen-bond acceptors (Lipinski definition) is 3. The third-order valence-electron chi connectivity index (χ3n) is 3.03. The van der Waals surface area contributed by atoms with Gasteiger partial charge in [-0.25, -0.2) is 4.79 Å². The van der Waals surface area contributed by atoms with E-state index in [1.165, 1.54) is 25.7 Å². The van der Waals surface area contributed by atoms with Crippen LogP contribution in [0, 0.1) is 0 Å². The summed E-state index contributed by atoms with van der Waals surface area (Å²) in [4.78, 5) is 19.5. The Morgan fingerprint density at radius 2 is 2.00 bits per heavy atom. The summed E-state index contributed by atoms with van der Waals surface area (Å²) in [5.74, 6) is 1.08. The fraction of sp³-hybridized carbons (Fsp3) is 0.846. The number of hydrogen-bond donors (Lipinski definition) is 3. The van der Waals surface area contributed by atoms with Crippen LogP contribution in [0.15, 0.2) is 0 Å². The second-order valence-corrected chi connectivity index (χ2v) is 5.50. The maximum atomic E-state index is 11.1. The molecule has 0 aromatic carbocycles. The molecule has 6 heteroatoms. The average Bonchev–Trinajstić information content (AvgIpc) is 2.93. The number of urea groups is 1. The smallest absolute Gasteiger partial charge is 0.315 e. The van der Waals surface area contributed by atoms with E-state index >= 15 is 0 Å². The number of fused-ring (bicyclic) bond motifs is 1. The number of carbonyl (C=O) groups is 2. The van der Waals surface area contributed by atoms with Crippen LogP contribution in [0.5, 0.6) is 0 Å². The second kappa shape index (κ2) is 11.0. The maximum absolute atomic E-state index is 11.1. The molecule has 2 amide bonds. The van der Waals surface area contributed by atoms with E-state index in [2.05, 4.69) is 17.6 Å². The molecule has 2 rings (SSSR count). The first-order valence-electron chi connectivity index (χ1n) is 6.99. The molecule has 0 aromatic heterocycles. The van der Waals surface area contributed by atoms with Crippen molar-refractivity contribution in [3.63, 3.8) is 0 Å². The molecule has 3 unspecified atom stereocenters. The van der Waals surface area contributed by atoms with Gasteiger partial charge in [-0.15, -0.1) is 0 Å². The van der Waals surface area contributed by atoms with Gasteiger partial charge in [0.25, 0.3) is 6.47 Å². The van der Waals surface area contributed by atoms with E-state index in [4.69, 9.17) is 9.90 Å². The van der Waals surface area contributed by atoms with Crippen LogP contribution in [0.3, 0.4) is 0 Å². The molecule has 0 radical (unpaired) electrons. The number of amides is 2. The molecule has 5 nitrogen and oxygen atoms in total. The van der Waals surface area contributed by atoms with Gasteiger partial charge in [0.1, 0.15) is 0 Å². The van der Waals surface area contributed by atoms with Gasteiger partial charge < -0.3 is 15.7 Å². The van der Waals surface area contributed by atoms with Gasteiger partial charge in [0.15, 0.2) is 0 Å². The summed E-state index contributed by atoms with van der Waals surface area (Å²) < 4.78 is 0. The van der Waals surface area contributed by atoms with Gasteiger partial charge in [-0.05, 0) is 6.42 Å². The maximum Gasteiger partial charge on any atom is 0.315 e. The highest BCUT2D eigenvalue weighted by molar-refractivity contribution is 8.00. The van der Waals surface area contributed by atoms with Gasteiger partial charge in [-0.1, -0.05) is 40.0 Å².